The summed E-state index contributed by atoms with van der Waals surface area (Å²) in [5.41, 5.74) is 2.81. The number of rotatable bonds is 3. The largest absolute Gasteiger partial charge is 1.00 e. The average Bonchev–Trinajstić information content (AvgIpc) is 3.01. The van der Waals surface area contributed by atoms with Crippen LogP contribution in [0.4, 0.5) is 11.4 Å². The number of ether oxygens (including phenoxy) is 2. The molecule has 5 nitrogen and oxygen atoms in total. The molecule has 1 atom stereocenters. The zero-order valence-electron chi connectivity index (χ0n) is 18.7. The third-order valence-corrected chi connectivity index (χ3v) is 6.53. The minimum absolute atomic E-state index is 0. The van der Waals surface area contributed by atoms with Crippen molar-refractivity contribution in [2.24, 2.45) is 4.99 Å². The molecule has 1 N–H and O–H groups in total. The van der Waals surface area contributed by atoms with E-state index in [4.69, 9.17) is 14.5 Å². The van der Waals surface area contributed by atoms with Crippen molar-refractivity contribution in [3.8, 4) is 5.75 Å². The van der Waals surface area contributed by atoms with Crippen molar-refractivity contribution in [3.05, 3.63) is 54.1 Å². The summed E-state index contributed by atoms with van der Waals surface area (Å²) in [6.45, 7) is 7.14. The molecule has 2 aliphatic heterocycles. The molecule has 0 amide bonds. The van der Waals surface area contributed by atoms with Crippen molar-refractivity contribution in [2.75, 3.05) is 25.3 Å². The summed E-state index contributed by atoms with van der Waals surface area (Å²) in [6, 6.07) is 16.6. The molecule has 0 aliphatic carbocycles. The number of amidine groups is 2. The molecule has 0 bridgehead atoms. The van der Waals surface area contributed by atoms with E-state index in [0.717, 1.165) is 41.0 Å². The highest BCUT2D eigenvalue weighted by atomic mass is 127. The van der Waals surface area contributed by atoms with Crippen LogP contribution in [0.15, 0.2) is 53.5 Å². The summed E-state index contributed by atoms with van der Waals surface area (Å²) >= 11 is 1.67. The van der Waals surface area contributed by atoms with Crippen molar-refractivity contribution in [2.45, 2.75) is 44.8 Å². The molecule has 0 radical (unpaired) electrons. The Labute approximate surface area is 206 Å². The van der Waals surface area contributed by atoms with Crippen molar-refractivity contribution < 1.29 is 38.0 Å². The van der Waals surface area contributed by atoms with Gasteiger partial charge in [-0.15, -0.1) is 0 Å². The maximum absolute atomic E-state index is 6.12. The van der Waals surface area contributed by atoms with Crippen LogP contribution in [0.2, 0.25) is 0 Å². The predicted octanol–water partition coefficient (Wildman–Crippen LogP) is 2.22. The molecule has 0 saturated carbocycles. The first-order chi connectivity index (χ1) is 14.4. The number of anilines is 1. The summed E-state index contributed by atoms with van der Waals surface area (Å²) in [5, 5.41) is 4.67. The lowest BCUT2D eigenvalue weighted by molar-refractivity contribution is -0.518. The summed E-state index contributed by atoms with van der Waals surface area (Å²) in [4.78, 5) is 5.11. The average molecular weight is 551 g/mol. The standard InChI is InChI=1S/C24H29N3O2S.HI/c1-17-9-6-7-12-20(17)25-21-24(13-14-29-23(2,3)16-24)27(22(26-21)30-5)18-10-8-11-19(15-18)28-4;/h6-12,15H,13-14,16H2,1-5H3;1H. The summed E-state index contributed by atoms with van der Waals surface area (Å²) in [7, 11) is 1.71. The van der Waals surface area contributed by atoms with Crippen molar-refractivity contribution in [1.29, 1.82) is 0 Å². The van der Waals surface area contributed by atoms with E-state index in [-0.39, 0.29) is 35.1 Å². The molecule has 166 valence electrons. The second kappa shape index (κ2) is 9.50. The Balaban J connectivity index is 0.00000272. The Morgan fingerprint density at radius 3 is 2.61 bits per heavy atom. The van der Waals surface area contributed by atoms with Gasteiger partial charge < -0.3 is 38.8 Å². The van der Waals surface area contributed by atoms with Crippen LogP contribution in [0.3, 0.4) is 0 Å². The number of methoxy groups -OCH3 is 1. The zero-order valence-corrected chi connectivity index (χ0v) is 21.7. The number of halogens is 1. The lowest BCUT2D eigenvalue weighted by Crippen LogP contribution is -3.00. The highest BCUT2D eigenvalue weighted by Gasteiger charge is 2.58. The van der Waals surface area contributed by atoms with Crippen molar-refractivity contribution in [3.63, 3.8) is 0 Å². The van der Waals surface area contributed by atoms with Gasteiger partial charge in [-0.2, -0.15) is 0 Å². The van der Waals surface area contributed by atoms with E-state index in [9.17, 15) is 0 Å². The van der Waals surface area contributed by atoms with E-state index >= 15 is 0 Å². The molecule has 1 unspecified atom stereocenters. The van der Waals surface area contributed by atoms with Crippen LogP contribution in [-0.2, 0) is 4.74 Å². The van der Waals surface area contributed by atoms with Crippen LogP contribution in [0.1, 0.15) is 32.3 Å². The molecule has 2 aromatic rings. The van der Waals surface area contributed by atoms with Gasteiger partial charge in [-0.3, -0.25) is 0 Å². The number of aryl methyl sites for hydroxylation is 1. The molecule has 2 aliphatic rings. The van der Waals surface area contributed by atoms with Gasteiger partial charge in [0.1, 0.15) is 11.4 Å². The number of benzene rings is 2. The molecule has 0 aromatic heterocycles. The number of nitrogens with zero attached hydrogens (tertiary/aromatic N) is 2. The van der Waals surface area contributed by atoms with E-state index in [1.54, 1.807) is 18.9 Å². The van der Waals surface area contributed by atoms with Crippen LogP contribution < -0.4 is 34.0 Å². The predicted molar refractivity (Wildman–Crippen MR) is 126 cm³/mol. The lowest BCUT2D eigenvalue weighted by atomic mass is 9.79. The fourth-order valence-corrected chi connectivity index (χ4v) is 5.15. The van der Waals surface area contributed by atoms with E-state index in [0.29, 0.717) is 6.61 Å². The zero-order chi connectivity index (χ0) is 21.4. The monoisotopic (exact) mass is 551 g/mol. The Morgan fingerprint density at radius 2 is 1.94 bits per heavy atom. The molecule has 7 heteroatoms. The van der Waals surface area contributed by atoms with Gasteiger partial charge >= 0.3 is 5.17 Å². The van der Waals surface area contributed by atoms with Crippen LogP contribution in [0.5, 0.6) is 5.75 Å². The van der Waals surface area contributed by atoms with Gasteiger partial charge in [0.05, 0.1) is 19.3 Å². The number of thioether (sulfide) groups is 1. The first kappa shape index (κ1) is 24.1. The van der Waals surface area contributed by atoms with E-state index in [1.807, 2.05) is 12.1 Å². The molecule has 1 saturated heterocycles. The normalized spacial score (nSPS) is 22.2. The lowest BCUT2D eigenvalue weighted by Gasteiger charge is -2.41. The molecular weight excluding hydrogens is 521 g/mol. The fraction of sp³-hybridized carbons (Fsp3) is 0.417. The first-order valence-electron chi connectivity index (χ1n) is 10.3. The maximum atomic E-state index is 6.12. The van der Waals surface area contributed by atoms with Gasteiger partial charge in [0.25, 0.3) is 5.84 Å². The Morgan fingerprint density at radius 1 is 1.16 bits per heavy atom. The molecular formula is C24H30IN3O2S. The number of aliphatic imine (C=N–C) groups is 1. The molecule has 1 fully saturated rings. The molecule has 2 aromatic carbocycles. The summed E-state index contributed by atoms with van der Waals surface area (Å²) < 4.78 is 14.0. The van der Waals surface area contributed by atoms with Crippen molar-refractivity contribution >= 4 is 34.1 Å². The topological polar surface area (TPSA) is 45.9 Å². The van der Waals surface area contributed by atoms with Gasteiger partial charge in [0.2, 0.25) is 0 Å². The second-order valence-corrected chi connectivity index (χ2v) is 9.26. The molecule has 31 heavy (non-hydrogen) atoms. The van der Waals surface area contributed by atoms with Gasteiger partial charge in [0.15, 0.2) is 5.54 Å². The molecule has 4 rings (SSSR count). The molecule has 1 spiro atoms. The Bertz CT molecular complexity index is 1020. The van der Waals surface area contributed by atoms with Gasteiger partial charge in [0, 0.05) is 24.6 Å². The van der Waals surface area contributed by atoms with E-state index in [2.05, 4.69) is 73.3 Å². The van der Waals surface area contributed by atoms with Gasteiger partial charge in [-0.05, 0) is 67.5 Å². The fourth-order valence-electron chi connectivity index (χ4n) is 4.50. The highest BCUT2D eigenvalue weighted by molar-refractivity contribution is 8.13. The number of para-hydroxylation sites is 1. The van der Waals surface area contributed by atoms with Gasteiger partial charge in [-0.25, -0.2) is 4.58 Å². The minimum Gasteiger partial charge on any atom is -1.00 e. The quantitative estimate of drug-likeness (QED) is 0.470. The Hall–Kier alpha value is -1.58. The minimum atomic E-state index is -0.311. The SMILES string of the molecule is COc1cccc([N+]2=C(SC)N=C(Nc3ccccc3C)C23CCOC(C)(C)C3)c1.[I-]. The number of hydrogen-bond acceptors (Lipinski definition) is 5. The summed E-state index contributed by atoms with van der Waals surface area (Å²) in [5.74, 6) is 1.83. The van der Waals surface area contributed by atoms with E-state index < -0.39 is 0 Å². The van der Waals surface area contributed by atoms with Crippen molar-refractivity contribution in [1.82, 2.24) is 0 Å². The summed E-state index contributed by atoms with van der Waals surface area (Å²) in [6.07, 6.45) is 3.77. The highest BCUT2D eigenvalue weighted by Crippen LogP contribution is 2.43. The second-order valence-electron chi connectivity index (χ2n) is 8.49. The Kier molecular flexibility index (Phi) is 7.38. The van der Waals surface area contributed by atoms with E-state index in [1.165, 1.54) is 5.56 Å². The number of nitrogens with one attached hydrogen (secondary N) is 1. The number of hydrogen-bond donors (Lipinski definition) is 1. The van der Waals surface area contributed by atoms with Crippen LogP contribution in [0, 0.1) is 6.92 Å². The van der Waals surface area contributed by atoms with Crippen LogP contribution >= 0.6 is 11.8 Å². The third kappa shape index (κ3) is 4.64. The van der Waals surface area contributed by atoms with Crippen LogP contribution in [-0.4, -0.2) is 46.7 Å². The van der Waals surface area contributed by atoms with Crippen LogP contribution in [0.25, 0.3) is 0 Å². The molecule has 2 heterocycles. The van der Waals surface area contributed by atoms with Gasteiger partial charge in [-0.1, -0.05) is 24.3 Å². The third-order valence-electron chi connectivity index (χ3n) is 5.89. The smallest absolute Gasteiger partial charge is 0.362 e. The maximum Gasteiger partial charge on any atom is 0.362 e. The first-order valence-corrected chi connectivity index (χ1v) is 11.5.